The predicted octanol–water partition coefficient (Wildman–Crippen LogP) is 5.00. The molecule has 0 spiro atoms. The molecule has 0 saturated heterocycles. The Labute approximate surface area is 208 Å². The smallest absolute Gasteiger partial charge is 0.266 e. The number of anilines is 1. The summed E-state index contributed by atoms with van der Waals surface area (Å²) in [6.07, 6.45) is 0.815. The van der Waals surface area contributed by atoms with Crippen LogP contribution in [0.4, 0.5) is 5.69 Å². The highest BCUT2D eigenvalue weighted by Crippen LogP contribution is 2.31. The molecule has 0 aliphatic rings. The fourth-order valence-electron chi connectivity index (χ4n) is 3.91. The van der Waals surface area contributed by atoms with E-state index in [9.17, 15) is 9.59 Å². The van der Waals surface area contributed by atoms with Gasteiger partial charge in [-0.3, -0.25) is 14.2 Å². The first-order valence-electron chi connectivity index (χ1n) is 11.2. The Hall–Kier alpha value is -3.78. The van der Waals surface area contributed by atoms with Crippen molar-refractivity contribution in [2.24, 2.45) is 0 Å². The van der Waals surface area contributed by atoms with E-state index in [1.165, 1.54) is 16.3 Å². The number of hydrogen-bond acceptors (Lipinski definition) is 6. The molecule has 4 rings (SSSR count). The van der Waals surface area contributed by atoms with Crippen LogP contribution in [0.2, 0.25) is 0 Å². The summed E-state index contributed by atoms with van der Waals surface area (Å²) in [5.41, 5.74) is 3.84. The zero-order valence-corrected chi connectivity index (χ0v) is 20.9. The zero-order chi connectivity index (χ0) is 24.9. The minimum atomic E-state index is -0.224. The molecule has 0 radical (unpaired) electrons. The van der Waals surface area contributed by atoms with Crippen LogP contribution in [0.3, 0.4) is 0 Å². The summed E-state index contributed by atoms with van der Waals surface area (Å²) in [5, 5.41) is 3.94. The van der Waals surface area contributed by atoms with E-state index in [1.807, 2.05) is 31.2 Å². The van der Waals surface area contributed by atoms with Gasteiger partial charge in [-0.05, 0) is 48.7 Å². The van der Waals surface area contributed by atoms with Gasteiger partial charge in [0.15, 0.2) is 16.7 Å². The van der Waals surface area contributed by atoms with Gasteiger partial charge in [-0.2, -0.15) is 0 Å². The van der Waals surface area contributed by atoms with Crippen LogP contribution in [0.5, 0.6) is 11.5 Å². The Morgan fingerprint density at radius 1 is 1.03 bits per heavy atom. The number of aryl methyl sites for hydroxylation is 2. The average molecular weight is 490 g/mol. The zero-order valence-electron chi connectivity index (χ0n) is 20.1. The fourth-order valence-corrected chi connectivity index (χ4v) is 4.72. The molecular weight excluding hydrogens is 462 g/mol. The van der Waals surface area contributed by atoms with Crippen molar-refractivity contribution in [1.29, 1.82) is 0 Å². The first kappa shape index (κ1) is 24.3. The molecule has 4 aromatic rings. The number of amides is 1. The molecule has 180 valence electrons. The first-order valence-corrected chi connectivity index (χ1v) is 12.2. The van der Waals surface area contributed by atoms with Crippen molar-refractivity contribution in [2.45, 2.75) is 25.4 Å². The quantitative estimate of drug-likeness (QED) is 0.277. The molecule has 35 heavy (non-hydrogen) atoms. The number of ether oxygens (including phenoxy) is 2. The summed E-state index contributed by atoms with van der Waals surface area (Å²) >= 11 is 1.21. The van der Waals surface area contributed by atoms with Crippen molar-refractivity contribution in [3.8, 4) is 17.2 Å². The van der Waals surface area contributed by atoms with Crippen LogP contribution in [-0.4, -0.2) is 35.4 Å². The molecule has 0 bridgehead atoms. The SMILES string of the molecule is CCc1cccc(C)c1NC(=O)CSc1nc2ccccc2c(=O)n1-c1ccc(OC)c(OC)c1. The molecule has 0 unspecified atom stereocenters. The van der Waals surface area contributed by atoms with E-state index in [1.54, 1.807) is 50.6 Å². The number of nitrogens with zero attached hydrogens (tertiary/aromatic N) is 2. The van der Waals surface area contributed by atoms with Gasteiger partial charge in [0.2, 0.25) is 5.91 Å². The Bertz CT molecular complexity index is 1450. The van der Waals surface area contributed by atoms with E-state index in [0.29, 0.717) is 33.2 Å². The lowest BCUT2D eigenvalue weighted by Gasteiger charge is -2.16. The monoisotopic (exact) mass is 489 g/mol. The Kier molecular flexibility index (Phi) is 7.41. The molecule has 1 heterocycles. The summed E-state index contributed by atoms with van der Waals surface area (Å²) in [4.78, 5) is 31.1. The lowest BCUT2D eigenvalue weighted by molar-refractivity contribution is -0.113. The maximum Gasteiger partial charge on any atom is 0.266 e. The molecule has 0 aliphatic carbocycles. The number of carbonyl (C=O) groups is 1. The van der Waals surface area contributed by atoms with E-state index in [4.69, 9.17) is 14.5 Å². The average Bonchev–Trinajstić information content (AvgIpc) is 2.88. The van der Waals surface area contributed by atoms with Crippen molar-refractivity contribution in [3.63, 3.8) is 0 Å². The molecule has 0 fully saturated rings. The second-order valence-electron chi connectivity index (χ2n) is 7.89. The molecule has 0 saturated carbocycles. The Morgan fingerprint density at radius 3 is 2.54 bits per heavy atom. The van der Waals surface area contributed by atoms with Crippen molar-refractivity contribution < 1.29 is 14.3 Å². The third-order valence-electron chi connectivity index (χ3n) is 5.71. The number of hydrogen-bond donors (Lipinski definition) is 1. The van der Waals surface area contributed by atoms with Crippen LogP contribution in [0.1, 0.15) is 18.1 Å². The number of aromatic nitrogens is 2. The highest BCUT2D eigenvalue weighted by Gasteiger charge is 2.17. The molecule has 1 amide bonds. The van der Waals surface area contributed by atoms with Gasteiger partial charge in [0.05, 0.1) is 36.6 Å². The van der Waals surface area contributed by atoms with Gasteiger partial charge in [0.25, 0.3) is 5.56 Å². The first-order chi connectivity index (χ1) is 17.0. The van der Waals surface area contributed by atoms with Crippen LogP contribution >= 0.6 is 11.8 Å². The normalized spacial score (nSPS) is 10.9. The molecule has 0 atom stereocenters. The van der Waals surface area contributed by atoms with Crippen LogP contribution in [0.15, 0.2) is 70.6 Å². The largest absolute Gasteiger partial charge is 0.493 e. The van der Waals surface area contributed by atoms with Crippen LogP contribution in [0, 0.1) is 6.92 Å². The number of thioether (sulfide) groups is 1. The number of methoxy groups -OCH3 is 2. The molecule has 7 nitrogen and oxygen atoms in total. The second-order valence-corrected chi connectivity index (χ2v) is 8.83. The van der Waals surface area contributed by atoms with Crippen LogP contribution in [0.25, 0.3) is 16.6 Å². The second kappa shape index (κ2) is 10.7. The summed E-state index contributed by atoms with van der Waals surface area (Å²) in [7, 11) is 3.10. The maximum atomic E-state index is 13.5. The third-order valence-corrected chi connectivity index (χ3v) is 6.65. The maximum absolute atomic E-state index is 13.5. The molecule has 1 aromatic heterocycles. The van der Waals surface area contributed by atoms with Gasteiger partial charge in [0.1, 0.15) is 0 Å². The van der Waals surface area contributed by atoms with Gasteiger partial charge in [-0.1, -0.05) is 49.0 Å². The molecule has 0 aliphatic heterocycles. The third kappa shape index (κ3) is 5.02. The number of para-hydroxylation sites is 2. The van der Waals surface area contributed by atoms with E-state index in [2.05, 4.69) is 12.2 Å². The van der Waals surface area contributed by atoms with Crippen molar-refractivity contribution in [1.82, 2.24) is 9.55 Å². The van der Waals surface area contributed by atoms with E-state index < -0.39 is 0 Å². The van der Waals surface area contributed by atoms with Gasteiger partial charge in [0, 0.05) is 11.8 Å². The highest BCUT2D eigenvalue weighted by molar-refractivity contribution is 7.99. The lowest BCUT2D eigenvalue weighted by Crippen LogP contribution is -2.23. The minimum Gasteiger partial charge on any atom is -0.493 e. The van der Waals surface area contributed by atoms with E-state index in [-0.39, 0.29) is 17.2 Å². The number of benzene rings is 3. The topological polar surface area (TPSA) is 82.5 Å². The van der Waals surface area contributed by atoms with Gasteiger partial charge in [-0.15, -0.1) is 0 Å². The molecule has 8 heteroatoms. The lowest BCUT2D eigenvalue weighted by atomic mass is 10.1. The molecule has 1 N–H and O–H groups in total. The van der Waals surface area contributed by atoms with Crippen molar-refractivity contribution in [3.05, 3.63) is 82.1 Å². The number of fused-ring (bicyclic) bond motifs is 1. The summed E-state index contributed by atoms with van der Waals surface area (Å²) in [5.74, 6) is 0.970. The Balaban J connectivity index is 1.71. The van der Waals surface area contributed by atoms with Crippen LogP contribution < -0.4 is 20.3 Å². The molecular formula is C27H27N3O4S. The number of carbonyl (C=O) groups excluding carboxylic acids is 1. The summed E-state index contributed by atoms with van der Waals surface area (Å²) < 4.78 is 12.3. The van der Waals surface area contributed by atoms with Gasteiger partial charge < -0.3 is 14.8 Å². The standard InChI is InChI=1S/C27H27N3O4S/c1-5-18-10-8-9-17(2)25(18)29-24(31)16-35-27-28-21-12-7-6-11-20(21)26(32)30(27)19-13-14-22(33-3)23(15-19)34-4/h6-15H,5,16H2,1-4H3,(H,29,31). The Morgan fingerprint density at radius 2 is 1.80 bits per heavy atom. The predicted molar refractivity (Wildman–Crippen MR) is 140 cm³/mol. The number of nitrogens with one attached hydrogen (secondary N) is 1. The fraction of sp³-hybridized carbons (Fsp3) is 0.222. The van der Waals surface area contributed by atoms with Gasteiger partial charge in [-0.25, -0.2) is 4.98 Å². The minimum absolute atomic E-state index is 0.0928. The summed E-state index contributed by atoms with van der Waals surface area (Å²) in [6, 6.07) is 18.4. The van der Waals surface area contributed by atoms with Crippen LogP contribution in [-0.2, 0) is 11.2 Å². The van der Waals surface area contributed by atoms with Crippen molar-refractivity contribution >= 4 is 34.3 Å². The van der Waals surface area contributed by atoms with E-state index >= 15 is 0 Å². The number of rotatable bonds is 8. The van der Waals surface area contributed by atoms with E-state index in [0.717, 1.165) is 23.2 Å². The molecule has 3 aromatic carbocycles. The van der Waals surface area contributed by atoms with Crippen molar-refractivity contribution in [2.75, 3.05) is 25.3 Å². The van der Waals surface area contributed by atoms with Gasteiger partial charge >= 0.3 is 0 Å². The summed E-state index contributed by atoms with van der Waals surface area (Å²) in [6.45, 7) is 4.03. The highest BCUT2D eigenvalue weighted by atomic mass is 32.2.